The number of carbonyl (C=O) groups excluding carboxylic acids is 1. The van der Waals surface area contributed by atoms with Gasteiger partial charge in [0.05, 0.1) is 6.04 Å². The zero-order valence-electron chi connectivity index (χ0n) is 13.1. The fourth-order valence-corrected chi connectivity index (χ4v) is 2.85. The molecule has 0 aromatic heterocycles. The number of carbonyl (C=O) groups is 1. The van der Waals surface area contributed by atoms with Crippen LogP contribution in [0.4, 0.5) is 0 Å². The van der Waals surface area contributed by atoms with Crippen LogP contribution in [0.25, 0.3) is 0 Å². The molecule has 2 aromatic rings. The van der Waals surface area contributed by atoms with Gasteiger partial charge in [0.25, 0.3) is 0 Å². The van der Waals surface area contributed by atoms with E-state index >= 15 is 0 Å². The van der Waals surface area contributed by atoms with Crippen LogP contribution in [0, 0.1) is 0 Å². The van der Waals surface area contributed by atoms with E-state index in [1.165, 1.54) is 0 Å². The highest BCUT2D eigenvalue weighted by Gasteiger charge is 2.17. The Hall–Kier alpha value is -1.55. The minimum Gasteiger partial charge on any atom is -0.351 e. The van der Waals surface area contributed by atoms with E-state index in [9.17, 15) is 4.79 Å². The van der Waals surface area contributed by atoms with Gasteiger partial charge in [-0.15, -0.1) is 0 Å². The van der Waals surface area contributed by atoms with Crippen molar-refractivity contribution in [1.82, 2.24) is 10.6 Å². The number of benzene rings is 2. The van der Waals surface area contributed by atoms with Crippen molar-refractivity contribution >= 4 is 29.1 Å². The second-order valence-electron chi connectivity index (χ2n) is 5.44. The molecule has 0 fully saturated rings. The van der Waals surface area contributed by atoms with Gasteiger partial charge in [-0.3, -0.25) is 10.1 Å². The number of halogens is 2. The summed E-state index contributed by atoms with van der Waals surface area (Å²) >= 11 is 12.3. The SMILES string of the molecule is CC(NC(C)c1ccccc1Cl)C(=O)NCc1ccccc1Cl. The highest BCUT2D eigenvalue weighted by Crippen LogP contribution is 2.22. The summed E-state index contributed by atoms with van der Waals surface area (Å²) in [7, 11) is 0. The lowest BCUT2D eigenvalue weighted by Crippen LogP contribution is -2.42. The molecule has 3 nitrogen and oxygen atoms in total. The second kappa shape index (κ2) is 8.34. The molecule has 0 aliphatic rings. The molecule has 23 heavy (non-hydrogen) atoms. The van der Waals surface area contributed by atoms with E-state index < -0.39 is 0 Å². The molecular formula is C18H20Cl2N2O. The van der Waals surface area contributed by atoms with Crippen molar-refractivity contribution in [3.8, 4) is 0 Å². The molecule has 2 rings (SSSR count). The van der Waals surface area contributed by atoms with Crippen molar-refractivity contribution in [1.29, 1.82) is 0 Å². The van der Waals surface area contributed by atoms with Crippen LogP contribution in [0.2, 0.25) is 10.0 Å². The Labute approximate surface area is 147 Å². The van der Waals surface area contributed by atoms with Crippen molar-refractivity contribution in [2.24, 2.45) is 0 Å². The van der Waals surface area contributed by atoms with Crippen LogP contribution in [-0.2, 0) is 11.3 Å². The summed E-state index contributed by atoms with van der Waals surface area (Å²) < 4.78 is 0. The summed E-state index contributed by atoms with van der Waals surface area (Å²) in [6.45, 7) is 4.22. The maximum absolute atomic E-state index is 12.2. The van der Waals surface area contributed by atoms with E-state index in [0.717, 1.165) is 11.1 Å². The topological polar surface area (TPSA) is 41.1 Å². The summed E-state index contributed by atoms with van der Waals surface area (Å²) in [5.41, 5.74) is 1.87. The summed E-state index contributed by atoms with van der Waals surface area (Å²) in [5, 5.41) is 7.49. The minimum atomic E-state index is -0.344. The molecule has 5 heteroatoms. The minimum absolute atomic E-state index is 0.0234. The van der Waals surface area contributed by atoms with Gasteiger partial charge in [0.2, 0.25) is 5.91 Å². The summed E-state index contributed by atoms with van der Waals surface area (Å²) in [6.07, 6.45) is 0. The molecule has 2 aromatic carbocycles. The fraction of sp³-hybridized carbons (Fsp3) is 0.278. The Morgan fingerprint density at radius 2 is 1.61 bits per heavy atom. The van der Waals surface area contributed by atoms with E-state index in [-0.39, 0.29) is 18.0 Å². The van der Waals surface area contributed by atoms with E-state index in [1.54, 1.807) is 0 Å². The predicted octanol–water partition coefficient (Wildman–Crippen LogP) is 4.35. The third-order valence-electron chi connectivity index (χ3n) is 3.68. The Kier molecular flexibility index (Phi) is 6.46. The van der Waals surface area contributed by atoms with Crippen LogP contribution < -0.4 is 10.6 Å². The van der Waals surface area contributed by atoms with Gasteiger partial charge >= 0.3 is 0 Å². The zero-order chi connectivity index (χ0) is 16.8. The number of amides is 1. The van der Waals surface area contributed by atoms with E-state index in [2.05, 4.69) is 10.6 Å². The third-order valence-corrected chi connectivity index (χ3v) is 4.39. The van der Waals surface area contributed by atoms with Crippen LogP contribution in [0.15, 0.2) is 48.5 Å². The molecule has 0 aliphatic heterocycles. The average molecular weight is 351 g/mol. The molecule has 0 aliphatic carbocycles. The van der Waals surface area contributed by atoms with Gasteiger partial charge in [0.1, 0.15) is 0 Å². The second-order valence-corrected chi connectivity index (χ2v) is 6.26. The number of nitrogens with one attached hydrogen (secondary N) is 2. The molecule has 0 saturated heterocycles. The number of rotatable bonds is 6. The molecule has 0 spiro atoms. The molecular weight excluding hydrogens is 331 g/mol. The molecule has 2 atom stereocenters. The Balaban J connectivity index is 1.90. The van der Waals surface area contributed by atoms with E-state index in [1.807, 2.05) is 62.4 Å². The average Bonchev–Trinajstić information content (AvgIpc) is 2.54. The number of hydrogen-bond acceptors (Lipinski definition) is 2. The van der Waals surface area contributed by atoms with Crippen LogP contribution in [-0.4, -0.2) is 11.9 Å². The molecule has 2 N–H and O–H groups in total. The predicted molar refractivity (Wildman–Crippen MR) is 95.8 cm³/mol. The van der Waals surface area contributed by atoms with Gasteiger partial charge in [-0.1, -0.05) is 59.6 Å². The van der Waals surface area contributed by atoms with E-state index in [0.29, 0.717) is 16.6 Å². The van der Waals surface area contributed by atoms with Gasteiger partial charge in [-0.05, 0) is 37.1 Å². The summed E-state index contributed by atoms with van der Waals surface area (Å²) in [5.74, 6) is -0.0798. The van der Waals surface area contributed by atoms with Crippen molar-refractivity contribution < 1.29 is 4.79 Å². The normalized spacial score (nSPS) is 13.4. The van der Waals surface area contributed by atoms with Crippen molar-refractivity contribution in [3.05, 3.63) is 69.7 Å². The first kappa shape index (κ1) is 17.8. The molecule has 0 saturated carbocycles. The first-order valence-corrected chi connectivity index (χ1v) is 8.26. The zero-order valence-corrected chi connectivity index (χ0v) is 14.7. The van der Waals surface area contributed by atoms with Crippen LogP contribution in [0.3, 0.4) is 0 Å². The van der Waals surface area contributed by atoms with Crippen molar-refractivity contribution in [2.45, 2.75) is 32.5 Å². The molecule has 122 valence electrons. The van der Waals surface area contributed by atoms with Gasteiger partial charge in [-0.2, -0.15) is 0 Å². The lowest BCUT2D eigenvalue weighted by Gasteiger charge is -2.21. The standard InChI is InChI=1S/C18H20Cl2N2O/c1-12(15-8-4-6-10-17(15)20)22-13(2)18(23)21-11-14-7-3-5-9-16(14)19/h3-10,12-13,22H,11H2,1-2H3,(H,21,23). The number of hydrogen-bond donors (Lipinski definition) is 2. The Bertz CT molecular complexity index is 676. The smallest absolute Gasteiger partial charge is 0.237 e. The fourth-order valence-electron chi connectivity index (χ4n) is 2.34. The lowest BCUT2D eigenvalue weighted by molar-refractivity contribution is -0.123. The maximum Gasteiger partial charge on any atom is 0.237 e. The molecule has 2 unspecified atom stereocenters. The Morgan fingerprint density at radius 3 is 2.26 bits per heavy atom. The molecule has 0 bridgehead atoms. The van der Waals surface area contributed by atoms with E-state index in [4.69, 9.17) is 23.2 Å². The highest BCUT2D eigenvalue weighted by molar-refractivity contribution is 6.31. The van der Waals surface area contributed by atoms with Gasteiger partial charge in [0, 0.05) is 22.6 Å². The summed E-state index contributed by atoms with van der Waals surface area (Å²) in [6, 6.07) is 14.7. The highest BCUT2D eigenvalue weighted by atomic mass is 35.5. The quantitative estimate of drug-likeness (QED) is 0.812. The van der Waals surface area contributed by atoms with Crippen molar-refractivity contribution in [2.75, 3.05) is 0 Å². The lowest BCUT2D eigenvalue weighted by atomic mass is 10.1. The van der Waals surface area contributed by atoms with Crippen LogP contribution in [0.1, 0.15) is 31.0 Å². The summed E-state index contributed by atoms with van der Waals surface area (Å²) in [4.78, 5) is 12.2. The van der Waals surface area contributed by atoms with Gasteiger partial charge in [-0.25, -0.2) is 0 Å². The first-order valence-electron chi connectivity index (χ1n) is 7.50. The van der Waals surface area contributed by atoms with Crippen molar-refractivity contribution in [3.63, 3.8) is 0 Å². The van der Waals surface area contributed by atoms with Crippen LogP contribution in [0.5, 0.6) is 0 Å². The molecule has 1 amide bonds. The van der Waals surface area contributed by atoms with Gasteiger partial charge < -0.3 is 5.32 Å². The largest absolute Gasteiger partial charge is 0.351 e. The molecule has 0 radical (unpaired) electrons. The monoisotopic (exact) mass is 350 g/mol. The maximum atomic E-state index is 12.2. The first-order chi connectivity index (χ1) is 11.0. The van der Waals surface area contributed by atoms with Crippen LogP contribution >= 0.6 is 23.2 Å². The molecule has 0 heterocycles. The van der Waals surface area contributed by atoms with Gasteiger partial charge in [0.15, 0.2) is 0 Å². The Morgan fingerprint density at radius 1 is 1.00 bits per heavy atom. The third kappa shape index (κ3) is 4.96.